The molecule has 1 amide bonds. The highest BCUT2D eigenvalue weighted by atomic mass is 35.5. The molecule has 2 aromatic rings. The molecule has 5 nitrogen and oxygen atoms in total. The van der Waals surface area contributed by atoms with Gasteiger partial charge < -0.3 is 9.84 Å². The number of carbonyl (C=O) groups is 1. The Hall–Kier alpha value is -2.53. The van der Waals surface area contributed by atoms with Gasteiger partial charge in [0.15, 0.2) is 0 Å². The third-order valence-corrected chi connectivity index (χ3v) is 3.47. The van der Waals surface area contributed by atoms with E-state index in [0.717, 1.165) is 5.56 Å². The van der Waals surface area contributed by atoms with Crippen molar-refractivity contribution in [2.75, 3.05) is 7.11 Å². The molecular formula is C17H17ClN2O3. The second-order valence-electron chi connectivity index (χ2n) is 4.92. The number of amides is 1. The van der Waals surface area contributed by atoms with Crippen LogP contribution in [-0.4, -0.2) is 23.8 Å². The lowest BCUT2D eigenvalue weighted by molar-refractivity contribution is -0.120. The van der Waals surface area contributed by atoms with Gasteiger partial charge in [0.25, 0.3) is 0 Å². The number of hydrogen-bond donors (Lipinski definition) is 2. The van der Waals surface area contributed by atoms with E-state index in [1.165, 1.54) is 13.2 Å². The van der Waals surface area contributed by atoms with Crippen molar-refractivity contribution >= 4 is 23.2 Å². The summed E-state index contributed by atoms with van der Waals surface area (Å²) >= 11 is 5.80. The first kappa shape index (κ1) is 16.8. The summed E-state index contributed by atoms with van der Waals surface area (Å²) in [7, 11) is 1.52. The fraction of sp³-hybridized carbons (Fsp3) is 0.176. The maximum atomic E-state index is 11.9. The molecule has 0 saturated heterocycles. The fourth-order valence-electron chi connectivity index (χ4n) is 1.98. The van der Waals surface area contributed by atoms with Crippen LogP contribution in [0.4, 0.5) is 0 Å². The van der Waals surface area contributed by atoms with Crippen LogP contribution in [0.2, 0.25) is 5.02 Å². The van der Waals surface area contributed by atoms with Gasteiger partial charge in [-0.25, -0.2) is 5.43 Å². The number of ether oxygens (including phenoxy) is 1. The van der Waals surface area contributed by atoms with Crippen molar-refractivity contribution in [3.63, 3.8) is 0 Å². The van der Waals surface area contributed by atoms with Crippen LogP contribution in [0.15, 0.2) is 47.6 Å². The summed E-state index contributed by atoms with van der Waals surface area (Å²) < 4.78 is 5.02. The van der Waals surface area contributed by atoms with Gasteiger partial charge in [-0.3, -0.25) is 4.79 Å². The second-order valence-corrected chi connectivity index (χ2v) is 5.35. The molecule has 0 aliphatic carbocycles. The van der Waals surface area contributed by atoms with E-state index < -0.39 is 0 Å². The normalized spacial score (nSPS) is 11.2. The van der Waals surface area contributed by atoms with E-state index in [-0.39, 0.29) is 18.1 Å². The number of hydrazone groups is 1. The molecule has 2 N–H and O–H groups in total. The Morgan fingerprint density at radius 3 is 2.57 bits per heavy atom. The maximum absolute atomic E-state index is 11.9. The van der Waals surface area contributed by atoms with Gasteiger partial charge in [0, 0.05) is 16.7 Å². The van der Waals surface area contributed by atoms with Gasteiger partial charge in [-0.1, -0.05) is 23.7 Å². The molecule has 23 heavy (non-hydrogen) atoms. The van der Waals surface area contributed by atoms with Crippen LogP contribution in [0.5, 0.6) is 11.5 Å². The molecule has 0 bridgehead atoms. The molecular weight excluding hydrogens is 316 g/mol. The second kappa shape index (κ2) is 7.65. The van der Waals surface area contributed by atoms with E-state index >= 15 is 0 Å². The number of nitrogens with zero attached hydrogens (tertiary/aromatic N) is 1. The maximum Gasteiger partial charge on any atom is 0.244 e. The topological polar surface area (TPSA) is 70.9 Å². The van der Waals surface area contributed by atoms with Crippen molar-refractivity contribution in [1.29, 1.82) is 0 Å². The average Bonchev–Trinajstić information content (AvgIpc) is 2.54. The molecule has 0 aliphatic heterocycles. The number of methoxy groups -OCH3 is 1. The quantitative estimate of drug-likeness (QED) is 0.652. The van der Waals surface area contributed by atoms with E-state index in [9.17, 15) is 9.90 Å². The molecule has 0 spiro atoms. The van der Waals surface area contributed by atoms with Crippen LogP contribution >= 0.6 is 11.6 Å². The summed E-state index contributed by atoms with van der Waals surface area (Å²) in [6.07, 6.45) is 0.197. The van der Waals surface area contributed by atoms with E-state index in [0.29, 0.717) is 22.0 Å². The Morgan fingerprint density at radius 1 is 1.26 bits per heavy atom. The zero-order valence-electron chi connectivity index (χ0n) is 12.8. The highest BCUT2D eigenvalue weighted by Gasteiger charge is 2.07. The first-order valence-electron chi connectivity index (χ1n) is 6.94. The van der Waals surface area contributed by atoms with Gasteiger partial charge in [0.2, 0.25) is 5.91 Å². The highest BCUT2D eigenvalue weighted by molar-refractivity contribution is 6.30. The molecule has 0 atom stereocenters. The number of phenols is 1. The molecule has 0 heterocycles. The number of aromatic hydroxyl groups is 1. The number of carbonyl (C=O) groups excluding carboxylic acids is 1. The summed E-state index contributed by atoms with van der Waals surface area (Å²) in [5, 5.41) is 14.6. The van der Waals surface area contributed by atoms with Gasteiger partial charge in [0.1, 0.15) is 11.5 Å². The molecule has 2 aromatic carbocycles. The number of nitrogens with one attached hydrogen (secondary N) is 1. The van der Waals surface area contributed by atoms with Crippen LogP contribution < -0.4 is 10.2 Å². The molecule has 0 unspecified atom stereocenters. The van der Waals surface area contributed by atoms with Crippen molar-refractivity contribution in [3.05, 3.63) is 58.6 Å². The van der Waals surface area contributed by atoms with Crippen LogP contribution in [0.3, 0.4) is 0 Å². The zero-order valence-corrected chi connectivity index (χ0v) is 13.6. The summed E-state index contributed by atoms with van der Waals surface area (Å²) in [5.74, 6) is 0.336. The van der Waals surface area contributed by atoms with E-state index in [1.807, 2.05) is 0 Å². The van der Waals surface area contributed by atoms with Crippen molar-refractivity contribution in [2.45, 2.75) is 13.3 Å². The van der Waals surface area contributed by atoms with Crippen LogP contribution in [0, 0.1) is 0 Å². The Morgan fingerprint density at radius 2 is 1.96 bits per heavy atom. The minimum Gasteiger partial charge on any atom is -0.507 e. The summed E-state index contributed by atoms with van der Waals surface area (Å²) in [6.45, 7) is 1.70. The number of phenolic OH excluding ortho intramolecular Hbond substituents is 1. The van der Waals surface area contributed by atoms with Crippen molar-refractivity contribution in [1.82, 2.24) is 5.43 Å². The first-order valence-corrected chi connectivity index (χ1v) is 7.32. The lowest BCUT2D eigenvalue weighted by atomic mass is 10.1. The molecule has 6 heteroatoms. The lowest BCUT2D eigenvalue weighted by Crippen LogP contribution is -2.21. The van der Waals surface area contributed by atoms with E-state index in [2.05, 4.69) is 10.5 Å². The van der Waals surface area contributed by atoms with Crippen LogP contribution in [0.25, 0.3) is 0 Å². The SMILES string of the molecule is COc1ccc(/C(C)=N\NC(=O)Cc2ccc(Cl)cc2)c(O)c1. The smallest absolute Gasteiger partial charge is 0.244 e. The zero-order chi connectivity index (χ0) is 16.8. The molecule has 0 fully saturated rings. The summed E-state index contributed by atoms with van der Waals surface area (Å²) in [4.78, 5) is 11.9. The Kier molecular flexibility index (Phi) is 5.60. The van der Waals surface area contributed by atoms with Crippen molar-refractivity contribution in [3.8, 4) is 11.5 Å². The Balaban J connectivity index is 2.01. The summed E-state index contributed by atoms with van der Waals surface area (Å²) in [5.41, 5.74) is 4.33. The van der Waals surface area contributed by atoms with Crippen molar-refractivity contribution < 1.29 is 14.6 Å². The molecule has 120 valence electrons. The minimum absolute atomic E-state index is 0.0394. The van der Waals surface area contributed by atoms with Crippen LogP contribution in [-0.2, 0) is 11.2 Å². The Labute approximate surface area is 139 Å². The number of rotatable bonds is 5. The van der Waals surface area contributed by atoms with Gasteiger partial charge >= 0.3 is 0 Å². The first-order chi connectivity index (χ1) is 11.0. The largest absolute Gasteiger partial charge is 0.507 e. The van der Waals surface area contributed by atoms with Gasteiger partial charge in [0.05, 0.1) is 19.2 Å². The standard InChI is InChI=1S/C17H17ClN2O3/c1-11(15-8-7-14(23-2)10-16(15)21)19-20-17(22)9-12-3-5-13(18)6-4-12/h3-8,10,21H,9H2,1-2H3,(H,20,22)/b19-11-. The van der Waals surface area contributed by atoms with E-state index in [1.54, 1.807) is 43.3 Å². The third-order valence-electron chi connectivity index (χ3n) is 3.22. The highest BCUT2D eigenvalue weighted by Crippen LogP contribution is 2.23. The molecule has 0 aromatic heterocycles. The predicted octanol–water partition coefficient (Wildman–Crippen LogP) is 3.14. The Bertz CT molecular complexity index is 727. The monoisotopic (exact) mass is 332 g/mol. The summed E-state index contributed by atoms with van der Waals surface area (Å²) in [6, 6.07) is 11.9. The third kappa shape index (κ3) is 4.72. The van der Waals surface area contributed by atoms with Gasteiger partial charge in [-0.15, -0.1) is 0 Å². The molecule has 0 aliphatic rings. The number of benzene rings is 2. The van der Waals surface area contributed by atoms with Crippen molar-refractivity contribution in [2.24, 2.45) is 5.10 Å². The predicted molar refractivity (Wildman–Crippen MR) is 90.2 cm³/mol. The van der Waals surface area contributed by atoms with Gasteiger partial charge in [-0.05, 0) is 36.8 Å². The minimum atomic E-state index is -0.250. The lowest BCUT2D eigenvalue weighted by Gasteiger charge is -2.07. The average molecular weight is 333 g/mol. The number of halogens is 1. The van der Waals surface area contributed by atoms with Gasteiger partial charge in [-0.2, -0.15) is 5.10 Å². The molecule has 2 rings (SSSR count). The van der Waals surface area contributed by atoms with Crippen LogP contribution in [0.1, 0.15) is 18.1 Å². The fourth-order valence-corrected chi connectivity index (χ4v) is 2.10. The molecule has 0 radical (unpaired) electrons. The molecule has 0 saturated carbocycles. The van der Waals surface area contributed by atoms with E-state index in [4.69, 9.17) is 16.3 Å². The number of hydrogen-bond acceptors (Lipinski definition) is 4.